The average molecular weight is 290 g/mol. The van der Waals surface area contributed by atoms with Crippen LogP contribution < -0.4 is 5.32 Å². The van der Waals surface area contributed by atoms with Crippen molar-refractivity contribution in [2.75, 3.05) is 27.2 Å². The van der Waals surface area contributed by atoms with Gasteiger partial charge in [-0.1, -0.05) is 24.6 Å². The van der Waals surface area contributed by atoms with Crippen LogP contribution in [0.25, 0.3) is 0 Å². The summed E-state index contributed by atoms with van der Waals surface area (Å²) in [7, 11) is 3.50. The minimum Gasteiger partial charge on any atom is -0.359 e. The van der Waals surface area contributed by atoms with Gasteiger partial charge in [-0.3, -0.25) is 14.5 Å². The lowest BCUT2D eigenvalue weighted by molar-refractivity contribution is -0.124. The van der Waals surface area contributed by atoms with Gasteiger partial charge in [0.1, 0.15) is 0 Å². The predicted octanol–water partition coefficient (Wildman–Crippen LogP) is 2.11. The van der Waals surface area contributed by atoms with Crippen molar-refractivity contribution in [1.82, 2.24) is 10.2 Å². The average Bonchev–Trinajstić information content (AvgIpc) is 2.35. The Kier molecular flexibility index (Phi) is 6.09. The van der Waals surface area contributed by atoms with E-state index < -0.39 is 0 Å². The molecule has 0 saturated carbocycles. The summed E-state index contributed by atoms with van der Waals surface area (Å²) in [6.45, 7) is 8.73. The summed E-state index contributed by atoms with van der Waals surface area (Å²) in [5.41, 5.74) is 4.01. The molecule has 0 aromatic heterocycles. The molecule has 0 spiro atoms. The highest BCUT2D eigenvalue weighted by Gasteiger charge is 2.18. The van der Waals surface area contributed by atoms with Crippen LogP contribution in [0.15, 0.2) is 12.1 Å². The van der Waals surface area contributed by atoms with E-state index in [2.05, 4.69) is 5.32 Å². The normalized spacial score (nSPS) is 12.3. The Balaban J connectivity index is 2.76. The lowest BCUT2D eigenvalue weighted by Crippen LogP contribution is -2.36. The fourth-order valence-corrected chi connectivity index (χ4v) is 2.81. The molecule has 0 aliphatic carbocycles. The van der Waals surface area contributed by atoms with Gasteiger partial charge >= 0.3 is 0 Å². The van der Waals surface area contributed by atoms with Crippen LogP contribution >= 0.6 is 0 Å². The third-order valence-corrected chi connectivity index (χ3v) is 3.65. The van der Waals surface area contributed by atoms with Gasteiger partial charge in [0.25, 0.3) is 0 Å². The largest absolute Gasteiger partial charge is 0.359 e. The van der Waals surface area contributed by atoms with Crippen molar-refractivity contribution >= 4 is 11.7 Å². The minimum absolute atomic E-state index is 0.00278. The first-order valence-corrected chi connectivity index (χ1v) is 7.27. The van der Waals surface area contributed by atoms with Gasteiger partial charge < -0.3 is 5.32 Å². The van der Waals surface area contributed by atoms with E-state index in [0.29, 0.717) is 13.1 Å². The highest BCUT2D eigenvalue weighted by atomic mass is 16.1. The van der Waals surface area contributed by atoms with E-state index in [1.54, 1.807) is 7.05 Å². The number of Topliss-reactive ketones (excluding diaryl/α,β-unsaturated/α-hetero) is 1. The van der Waals surface area contributed by atoms with Crippen molar-refractivity contribution in [1.29, 1.82) is 0 Å². The van der Waals surface area contributed by atoms with Crippen molar-refractivity contribution in [3.8, 4) is 0 Å². The molecule has 4 heteroatoms. The molecule has 1 amide bonds. The zero-order chi connectivity index (χ0) is 16.2. The van der Waals surface area contributed by atoms with Crippen molar-refractivity contribution in [2.24, 2.45) is 5.92 Å². The molecule has 0 aliphatic heterocycles. The summed E-state index contributed by atoms with van der Waals surface area (Å²) in [6, 6.07) is 4.07. The topological polar surface area (TPSA) is 49.4 Å². The number of aryl methyl sites for hydroxylation is 3. The number of ketones is 1. The van der Waals surface area contributed by atoms with Crippen molar-refractivity contribution in [3.05, 3.63) is 34.4 Å². The molecule has 1 rings (SSSR count). The van der Waals surface area contributed by atoms with Crippen LogP contribution in [-0.4, -0.2) is 43.8 Å². The first kappa shape index (κ1) is 17.4. The van der Waals surface area contributed by atoms with Crippen LogP contribution in [0, 0.1) is 26.7 Å². The van der Waals surface area contributed by atoms with E-state index in [-0.39, 0.29) is 17.6 Å². The van der Waals surface area contributed by atoms with Gasteiger partial charge in [-0.2, -0.15) is 0 Å². The molecule has 0 heterocycles. The minimum atomic E-state index is -0.131. The molecule has 1 N–H and O–H groups in total. The number of nitrogens with one attached hydrogen (secondary N) is 1. The van der Waals surface area contributed by atoms with E-state index in [1.165, 1.54) is 5.56 Å². The van der Waals surface area contributed by atoms with E-state index in [9.17, 15) is 9.59 Å². The lowest BCUT2D eigenvalue weighted by atomic mass is 9.96. The number of carbonyl (C=O) groups excluding carboxylic acids is 2. The Labute approximate surface area is 127 Å². The van der Waals surface area contributed by atoms with Gasteiger partial charge in [-0.05, 0) is 38.9 Å². The second kappa shape index (κ2) is 7.36. The lowest BCUT2D eigenvalue weighted by Gasteiger charge is -2.20. The maximum Gasteiger partial charge on any atom is 0.223 e. The Bertz CT molecular complexity index is 515. The second-order valence-corrected chi connectivity index (χ2v) is 5.91. The molecule has 116 valence electrons. The van der Waals surface area contributed by atoms with Crippen LogP contribution in [0.2, 0.25) is 0 Å². The number of hydrogen-bond donors (Lipinski definition) is 1. The van der Waals surface area contributed by atoms with Gasteiger partial charge in [0.15, 0.2) is 5.78 Å². The van der Waals surface area contributed by atoms with Gasteiger partial charge in [0.2, 0.25) is 5.91 Å². The summed E-state index contributed by atoms with van der Waals surface area (Å²) in [4.78, 5) is 25.9. The van der Waals surface area contributed by atoms with Gasteiger partial charge in [-0.25, -0.2) is 0 Å². The number of likely N-dealkylation sites (N-methyl/N-ethyl adjacent to an activating group) is 1. The number of hydrogen-bond acceptors (Lipinski definition) is 3. The second-order valence-electron chi connectivity index (χ2n) is 5.91. The zero-order valence-electron chi connectivity index (χ0n) is 13.9. The number of benzene rings is 1. The van der Waals surface area contributed by atoms with Crippen molar-refractivity contribution in [3.63, 3.8) is 0 Å². The third kappa shape index (κ3) is 4.67. The fourth-order valence-electron chi connectivity index (χ4n) is 2.81. The van der Waals surface area contributed by atoms with E-state index in [1.807, 2.05) is 51.8 Å². The smallest absolute Gasteiger partial charge is 0.223 e. The monoisotopic (exact) mass is 290 g/mol. The SMILES string of the molecule is CNC(=O)C(C)CN(C)CC(=O)c1c(C)cc(C)cc1C. The van der Waals surface area contributed by atoms with E-state index in [4.69, 9.17) is 0 Å². The molecule has 1 aromatic carbocycles. The first-order chi connectivity index (χ1) is 9.76. The molecule has 0 fully saturated rings. The van der Waals surface area contributed by atoms with Crippen LogP contribution in [0.1, 0.15) is 34.0 Å². The number of amides is 1. The molecule has 0 radical (unpaired) electrons. The highest BCUT2D eigenvalue weighted by Crippen LogP contribution is 2.17. The summed E-state index contributed by atoms with van der Waals surface area (Å²) in [6.07, 6.45) is 0. The Morgan fingerprint density at radius 2 is 1.71 bits per heavy atom. The van der Waals surface area contributed by atoms with Crippen LogP contribution in [0.5, 0.6) is 0 Å². The number of rotatable bonds is 6. The van der Waals surface area contributed by atoms with E-state index >= 15 is 0 Å². The molecule has 4 nitrogen and oxygen atoms in total. The van der Waals surface area contributed by atoms with Crippen LogP contribution in [-0.2, 0) is 4.79 Å². The number of nitrogens with zero attached hydrogens (tertiary/aromatic N) is 1. The highest BCUT2D eigenvalue weighted by molar-refractivity contribution is 6.00. The molecule has 21 heavy (non-hydrogen) atoms. The molecule has 0 saturated heterocycles. The molecule has 0 bridgehead atoms. The zero-order valence-corrected chi connectivity index (χ0v) is 13.9. The van der Waals surface area contributed by atoms with Crippen LogP contribution in [0.4, 0.5) is 0 Å². The molecule has 1 aromatic rings. The van der Waals surface area contributed by atoms with Crippen LogP contribution in [0.3, 0.4) is 0 Å². The Morgan fingerprint density at radius 1 is 1.19 bits per heavy atom. The Morgan fingerprint density at radius 3 is 2.19 bits per heavy atom. The third-order valence-electron chi connectivity index (χ3n) is 3.65. The van der Waals surface area contributed by atoms with Gasteiger partial charge in [0, 0.05) is 25.1 Å². The summed E-state index contributed by atoms with van der Waals surface area (Å²) >= 11 is 0. The molecular weight excluding hydrogens is 264 g/mol. The fraction of sp³-hybridized carbons (Fsp3) is 0.529. The van der Waals surface area contributed by atoms with E-state index in [0.717, 1.165) is 16.7 Å². The molecule has 1 atom stereocenters. The van der Waals surface area contributed by atoms with Gasteiger partial charge in [-0.15, -0.1) is 0 Å². The summed E-state index contributed by atoms with van der Waals surface area (Å²) < 4.78 is 0. The predicted molar refractivity (Wildman–Crippen MR) is 85.7 cm³/mol. The van der Waals surface area contributed by atoms with Crippen molar-refractivity contribution < 1.29 is 9.59 Å². The first-order valence-electron chi connectivity index (χ1n) is 7.27. The molecule has 1 unspecified atom stereocenters. The standard InChI is InChI=1S/C17H26N2O2/c1-11-7-12(2)16(13(3)8-11)15(20)10-19(6)9-14(4)17(21)18-5/h7-8,14H,9-10H2,1-6H3,(H,18,21). The maximum atomic E-state index is 12.5. The number of carbonyl (C=O) groups is 2. The Hall–Kier alpha value is -1.68. The molecular formula is C17H26N2O2. The maximum absolute atomic E-state index is 12.5. The summed E-state index contributed by atoms with van der Waals surface area (Å²) in [5, 5.41) is 2.63. The summed E-state index contributed by atoms with van der Waals surface area (Å²) in [5.74, 6) is -0.0263. The van der Waals surface area contributed by atoms with Crippen molar-refractivity contribution in [2.45, 2.75) is 27.7 Å². The van der Waals surface area contributed by atoms with Gasteiger partial charge in [0.05, 0.1) is 6.54 Å². The quantitative estimate of drug-likeness (QED) is 0.816. The molecule has 0 aliphatic rings.